The summed E-state index contributed by atoms with van der Waals surface area (Å²) in [4.78, 5) is 2.16. The molecule has 2 atom stereocenters. The molecular formula is C21H21F3N2O2. The van der Waals surface area contributed by atoms with E-state index in [0.29, 0.717) is 37.5 Å². The van der Waals surface area contributed by atoms with Crippen LogP contribution in [0, 0.1) is 11.3 Å². The van der Waals surface area contributed by atoms with Crippen molar-refractivity contribution >= 4 is 5.69 Å². The number of hydrogen-bond acceptors (Lipinski definition) is 4. The SMILES string of the molecule is CCOC[C@@H]1CC(Oc2ccc(C(F)(F)F)cc2)CN1c1ccc(C#N)cc1. The molecule has 2 aromatic rings. The largest absolute Gasteiger partial charge is 0.489 e. The number of alkyl halides is 3. The molecule has 28 heavy (non-hydrogen) atoms. The van der Waals surface area contributed by atoms with E-state index in [1.807, 2.05) is 19.1 Å². The van der Waals surface area contributed by atoms with E-state index in [4.69, 9.17) is 14.7 Å². The Morgan fingerprint density at radius 3 is 2.36 bits per heavy atom. The van der Waals surface area contributed by atoms with Crippen LogP contribution in [0.5, 0.6) is 5.75 Å². The Bertz CT molecular complexity index is 814. The van der Waals surface area contributed by atoms with Gasteiger partial charge in [-0.1, -0.05) is 0 Å². The molecule has 0 radical (unpaired) electrons. The van der Waals surface area contributed by atoms with Crippen LogP contribution in [0.2, 0.25) is 0 Å². The van der Waals surface area contributed by atoms with Gasteiger partial charge in [0, 0.05) is 18.7 Å². The van der Waals surface area contributed by atoms with Crippen LogP contribution in [0.3, 0.4) is 0 Å². The van der Waals surface area contributed by atoms with Crippen molar-refractivity contribution in [3.63, 3.8) is 0 Å². The fourth-order valence-electron chi connectivity index (χ4n) is 3.33. The lowest BCUT2D eigenvalue weighted by Gasteiger charge is -2.26. The van der Waals surface area contributed by atoms with Crippen LogP contribution in [-0.4, -0.2) is 31.9 Å². The van der Waals surface area contributed by atoms with Crippen molar-refractivity contribution in [2.24, 2.45) is 0 Å². The van der Waals surface area contributed by atoms with Gasteiger partial charge < -0.3 is 14.4 Å². The smallest absolute Gasteiger partial charge is 0.416 e. The van der Waals surface area contributed by atoms with Crippen LogP contribution in [-0.2, 0) is 10.9 Å². The highest BCUT2D eigenvalue weighted by Crippen LogP contribution is 2.32. The quantitative estimate of drug-likeness (QED) is 0.721. The maximum Gasteiger partial charge on any atom is 0.416 e. The lowest BCUT2D eigenvalue weighted by Crippen LogP contribution is -2.33. The molecule has 148 valence electrons. The van der Waals surface area contributed by atoms with E-state index in [1.165, 1.54) is 12.1 Å². The summed E-state index contributed by atoms with van der Waals surface area (Å²) in [6.07, 6.45) is -3.83. The first-order valence-corrected chi connectivity index (χ1v) is 9.09. The summed E-state index contributed by atoms with van der Waals surface area (Å²) in [5.74, 6) is 0.412. The summed E-state index contributed by atoms with van der Waals surface area (Å²) >= 11 is 0. The second kappa shape index (κ2) is 8.53. The lowest BCUT2D eigenvalue weighted by atomic mass is 10.1. The summed E-state index contributed by atoms with van der Waals surface area (Å²) in [7, 11) is 0. The van der Waals surface area contributed by atoms with Gasteiger partial charge in [-0.05, 0) is 55.5 Å². The third kappa shape index (κ3) is 4.76. The van der Waals surface area contributed by atoms with Crippen LogP contribution < -0.4 is 9.64 Å². The predicted molar refractivity (Wildman–Crippen MR) is 99.3 cm³/mol. The van der Waals surface area contributed by atoms with Crippen LogP contribution in [0.25, 0.3) is 0 Å². The predicted octanol–water partition coefficient (Wildman–Crippen LogP) is 4.64. The maximum atomic E-state index is 12.7. The highest BCUT2D eigenvalue weighted by atomic mass is 19.4. The summed E-state index contributed by atoms with van der Waals surface area (Å²) < 4.78 is 49.6. The van der Waals surface area contributed by atoms with Gasteiger partial charge >= 0.3 is 6.18 Å². The Morgan fingerprint density at radius 1 is 1.11 bits per heavy atom. The highest BCUT2D eigenvalue weighted by molar-refractivity contribution is 5.52. The fourth-order valence-corrected chi connectivity index (χ4v) is 3.33. The minimum atomic E-state index is -4.36. The van der Waals surface area contributed by atoms with E-state index < -0.39 is 11.7 Å². The van der Waals surface area contributed by atoms with E-state index >= 15 is 0 Å². The first-order chi connectivity index (χ1) is 13.4. The van der Waals surface area contributed by atoms with Gasteiger partial charge in [-0.25, -0.2) is 0 Å². The maximum absolute atomic E-state index is 12.7. The van der Waals surface area contributed by atoms with Crippen molar-refractivity contribution in [3.8, 4) is 11.8 Å². The van der Waals surface area contributed by atoms with Crippen LogP contribution >= 0.6 is 0 Å². The Labute approximate surface area is 162 Å². The van der Waals surface area contributed by atoms with Crippen LogP contribution in [0.4, 0.5) is 18.9 Å². The van der Waals surface area contributed by atoms with Gasteiger partial charge in [0.15, 0.2) is 0 Å². The number of anilines is 1. The summed E-state index contributed by atoms with van der Waals surface area (Å²) in [5, 5.41) is 8.96. The third-order valence-electron chi connectivity index (χ3n) is 4.70. The molecule has 1 fully saturated rings. The number of nitrogens with zero attached hydrogens (tertiary/aromatic N) is 2. The number of nitriles is 1. The minimum absolute atomic E-state index is 0.0901. The number of hydrogen-bond donors (Lipinski definition) is 0. The molecule has 0 aliphatic carbocycles. The normalized spacial score (nSPS) is 19.5. The van der Waals surface area contributed by atoms with E-state index in [0.717, 1.165) is 17.8 Å². The van der Waals surface area contributed by atoms with Crippen molar-refractivity contribution in [1.29, 1.82) is 5.26 Å². The van der Waals surface area contributed by atoms with Crippen LogP contribution in [0.15, 0.2) is 48.5 Å². The average molecular weight is 390 g/mol. The van der Waals surface area contributed by atoms with Crippen LogP contribution in [0.1, 0.15) is 24.5 Å². The molecule has 3 rings (SSSR count). The molecule has 0 N–H and O–H groups in total. The Kier molecular flexibility index (Phi) is 6.10. The van der Waals surface area contributed by atoms with Gasteiger partial charge in [-0.15, -0.1) is 0 Å². The zero-order valence-electron chi connectivity index (χ0n) is 15.4. The zero-order valence-corrected chi connectivity index (χ0v) is 15.4. The van der Waals surface area contributed by atoms with Crippen molar-refractivity contribution < 1.29 is 22.6 Å². The zero-order chi connectivity index (χ0) is 20.1. The van der Waals surface area contributed by atoms with Gasteiger partial charge in [-0.2, -0.15) is 18.4 Å². The number of benzene rings is 2. The van der Waals surface area contributed by atoms with Gasteiger partial charge in [0.05, 0.1) is 36.4 Å². The van der Waals surface area contributed by atoms with E-state index in [1.54, 1.807) is 12.1 Å². The molecule has 1 aliphatic heterocycles. The molecular weight excluding hydrogens is 369 g/mol. The fraction of sp³-hybridized carbons (Fsp3) is 0.381. The molecule has 1 unspecified atom stereocenters. The molecule has 0 bridgehead atoms. The lowest BCUT2D eigenvalue weighted by molar-refractivity contribution is -0.137. The second-order valence-corrected chi connectivity index (χ2v) is 6.62. The Balaban J connectivity index is 1.71. The first-order valence-electron chi connectivity index (χ1n) is 9.09. The van der Waals surface area contributed by atoms with Crippen molar-refractivity contribution in [3.05, 3.63) is 59.7 Å². The molecule has 7 heteroatoms. The third-order valence-corrected chi connectivity index (χ3v) is 4.70. The monoisotopic (exact) mass is 390 g/mol. The molecule has 2 aromatic carbocycles. The van der Waals surface area contributed by atoms with Crippen molar-refractivity contribution in [1.82, 2.24) is 0 Å². The molecule has 0 spiro atoms. The van der Waals surface area contributed by atoms with E-state index in [2.05, 4.69) is 11.0 Å². The Hall–Kier alpha value is -2.72. The van der Waals surface area contributed by atoms with E-state index in [9.17, 15) is 13.2 Å². The summed E-state index contributed by atoms with van der Waals surface area (Å²) in [6, 6.07) is 14.2. The summed E-state index contributed by atoms with van der Waals surface area (Å²) in [6.45, 7) is 3.65. The molecule has 4 nitrogen and oxygen atoms in total. The van der Waals surface area contributed by atoms with Gasteiger partial charge in [0.2, 0.25) is 0 Å². The number of rotatable bonds is 6. The topological polar surface area (TPSA) is 45.5 Å². The molecule has 1 aliphatic rings. The van der Waals surface area contributed by atoms with Gasteiger partial charge in [0.1, 0.15) is 11.9 Å². The molecule has 1 heterocycles. The number of halogens is 3. The second-order valence-electron chi connectivity index (χ2n) is 6.62. The van der Waals surface area contributed by atoms with Gasteiger partial charge in [-0.3, -0.25) is 0 Å². The molecule has 0 saturated carbocycles. The molecule has 0 aromatic heterocycles. The first kappa shape index (κ1) is 20.0. The van der Waals surface area contributed by atoms with Crippen molar-refractivity contribution in [2.45, 2.75) is 31.7 Å². The van der Waals surface area contributed by atoms with Gasteiger partial charge in [0.25, 0.3) is 0 Å². The summed E-state index contributed by atoms with van der Waals surface area (Å²) in [5.41, 5.74) is 0.851. The standard InChI is InChI=1S/C21H21F3N2O2/c1-2-27-14-18-11-20(13-26(18)17-7-3-15(12-25)4-8-17)28-19-9-5-16(6-10-19)21(22,23)24/h3-10,18,20H,2,11,13-14H2,1H3/t18-,20?/m0/s1. The Morgan fingerprint density at radius 2 is 1.79 bits per heavy atom. The minimum Gasteiger partial charge on any atom is -0.489 e. The average Bonchev–Trinajstić information content (AvgIpc) is 3.08. The molecule has 0 amide bonds. The van der Waals surface area contributed by atoms with E-state index in [-0.39, 0.29) is 12.1 Å². The van der Waals surface area contributed by atoms with Crippen molar-refractivity contribution in [2.75, 3.05) is 24.7 Å². The number of ether oxygens (including phenoxy) is 2. The highest BCUT2D eigenvalue weighted by Gasteiger charge is 2.34. The molecule has 1 saturated heterocycles.